The third-order valence-electron chi connectivity index (χ3n) is 4.32. The van der Waals surface area contributed by atoms with E-state index >= 15 is 0 Å². The van der Waals surface area contributed by atoms with Gasteiger partial charge in [0.2, 0.25) is 0 Å². The van der Waals surface area contributed by atoms with Crippen LogP contribution in [0, 0.1) is 10.5 Å². The normalized spacial score (nSPS) is 11.6. The first kappa shape index (κ1) is 23.8. The highest BCUT2D eigenvalue weighted by Crippen LogP contribution is 2.34. The van der Waals surface area contributed by atoms with Gasteiger partial charge in [-0.25, -0.2) is 4.98 Å². The number of aryl methyl sites for hydroxylation is 1. The summed E-state index contributed by atoms with van der Waals surface area (Å²) in [4.78, 5) is 3.72. The monoisotopic (exact) mass is 555 g/mol. The molecule has 0 atom stereocenters. The van der Waals surface area contributed by atoms with Crippen LogP contribution in [-0.2, 0) is 12.8 Å². The first-order valence-electron chi connectivity index (χ1n) is 9.73. The second-order valence-corrected chi connectivity index (χ2v) is 8.00. The zero-order chi connectivity index (χ0) is 23.1. The van der Waals surface area contributed by atoms with Crippen LogP contribution in [0.15, 0.2) is 59.8 Å². The molecule has 0 radical (unpaired) electrons. The summed E-state index contributed by atoms with van der Waals surface area (Å²) >= 11 is 2.17. The maximum Gasteiger partial charge on any atom is 0.417 e. The fourth-order valence-electron chi connectivity index (χ4n) is 2.71. The van der Waals surface area contributed by atoms with E-state index in [0.717, 1.165) is 27.0 Å². The van der Waals surface area contributed by atoms with Crippen molar-refractivity contribution in [3.63, 3.8) is 0 Å². The summed E-state index contributed by atoms with van der Waals surface area (Å²) in [5.41, 5.74) is 4.78. The molecule has 0 unspecified atom stereocenters. The maximum atomic E-state index is 12.6. The van der Waals surface area contributed by atoms with Crippen molar-refractivity contribution in [1.29, 1.82) is 0 Å². The molecule has 0 spiro atoms. The molecule has 0 fully saturated rings. The van der Waals surface area contributed by atoms with Crippen molar-refractivity contribution in [2.45, 2.75) is 26.6 Å². The van der Waals surface area contributed by atoms with E-state index in [2.05, 4.69) is 38.1 Å². The smallest absolute Gasteiger partial charge is 0.417 e. The molecule has 0 bridgehead atoms. The highest BCUT2D eigenvalue weighted by atomic mass is 127. The van der Waals surface area contributed by atoms with Gasteiger partial charge in [0.05, 0.1) is 22.0 Å². The minimum absolute atomic E-state index is 0.201. The van der Waals surface area contributed by atoms with E-state index in [4.69, 9.17) is 9.47 Å². The highest BCUT2D eigenvalue weighted by molar-refractivity contribution is 14.1. The van der Waals surface area contributed by atoms with Crippen molar-refractivity contribution in [2.24, 2.45) is 5.10 Å². The molecule has 168 valence electrons. The van der Waals surface area contributed by atoms with Gasteiger partial charge in [-0.15, -0.1) is 0 Å². The summed E-state index contributed by atoms with van der Waals surface area (Å²) in [6, 6.07) is 13.9. The number of benzene rings is 2. The third-order valence-corrected chi connectivity index (χ3v) is 5.12. The molecule has 1 aromatic heterocycles. The van der Waals surface area contributed by atoms with Gasteiger partial charge in [0.25, 0.3) is 0 Å². The van der Waals surface area contributed by atoms with Crippen LogP contribution in [0.4, 0.5) is 19.0 Å². The molecule has 5 nitrogen and oxygen atoms in total. The van der Waals surface area contributed by atoms with Gasteiger partial charge < -0.3 is 9.47 Å². The molecule has 2 aromatic carbocycles. The lowest BCUT2D eigenvalue weighted by Crippen LogP contribution is -2.05. The van der Waals surface area contributed by atoms with E-state index in [0.29, 0.717) is 24.7 Å². The Hall–Kier alpha value is -2.82. The average molecular weight is 555 g/mol. The van der Waals surface area contributed by atoms with Crippen LogP contribution >= 0.6 is 22.6 Å². The Bertz CT molecular complexity index is 1070. The molecule has 3 rings (SSSR count). The van der Waals surface area contributed by atoms with Crippen LogP contribution in [0.2, 0.25) is 0 Å². The summed E-state index contributed by atoms with van der Waals surface area (Å²) in [7, 11) is 0. The van der Waals surface area contributed by atoms with Gasteiger partial charge in [0.15, 0.2) is 11.5 Å². The number of aromatic nitrogens is 1. The summed E-state index contributed by atoms with van der Waals surface area (Å²) in [5, 5.41) is 4.06. The number of halogens is 4. The predicted molar refractivity (Wildman–Crippen MR) is 126 cm³/mol. The van der Waals surface area contributed by atoms with Gasteiger partial charge in [-0.3, -0.25) is 5.43 Å². The number of nitrogens with one attached hydrogen (secondary N) is 1. The third kappa shape index (κ3) is 6.59. The van der Waals surface area contributed by atoms with Gasteiger partial charge in [-0.05, 0) is 71.8 Å². The SMILES string of the molecule is CCOc1cc(/C=N\Nc2ccc(C(F)(F)F)cn2)cc(I)c1OCc1ccc(C)cc1. The summed E-state index contributed by atoms with van der Waals surface area (Å²) in [5.74, 6) is 1.43. The zero-order valence-corrected chi connectivity index (χ0v) is 19.6. The summed E-state index contributed by atoms with van der Waals surface area (Å²) < 4.78 is 50.5. The van der Waals surface area contributed by atoms with Gasteiger partial charge in [0, 0.05) is 6.20 Å². The van der Waals surface area contributed by atoms with Crippen LogP contribution in [0.5, 0.6) is 11.5 Å². The predicted octanol–water partition coefficient (Wildman–Crippen LogP) is 6.44. The minimum atomic E-state index is -4.43. The number of anilines is 1. The first-order valence-corrected chi connectivity index (χ1v) is 10.8. The maximum absolute atomic E-state index is 12.6. The number of hydrogen-bond acceptors (Lipinski definition) is 5. The van der Waals surface area contributed by atoms with Crippen molar-refractivity contribution < 1.29 is 22.6 Å². The van der Waals surface area contributed by atoms with E-state index in [9.17, 15) is 13.2 Å². The van der Waals surface area contributed by atoms with Crippen LogP contribution in [0.25, 0.3) is 0 Å². The number of ether oxygens (including phenoxy) is 2. The Labute approximate surface area is 197 Å². The zero-order valence-electron chi connectivity index (χ0n) is 17.4. The molecule has 0 saturated carbocycles. The van der Waals surface area contributed by atoms with Crippen LogP contribution in [0.1, 0.15) is 29.2 Å². The van der Waals surface area contributed by atoms with E-state index in [1.165, 1.54) is 17.8 Å². The van der Waals surface area contributed by atoms with Crippen LogP contribution in [-0.4, -0.2) is 17.8 Å². The molecular weight excluding hydrogens is 534 g/mol. The molecule has 0 saturated heterocycles. The Morgan fingerprint density at radius 3 is 2.47 bits per heavy atom. The molecule has 0 aliphatic heterocycles. The number of rotatable bonds is 8. The van der Waals surface area contributed by atoms with Gasteiger partial charge in [-0.1, -0.05) is 29.8 Å². The van der Waals surface area contributed by atoms with E-state index in [1.54, 1.807) is 6.07 Å². The molecule has 0 aliphatic carbocycles. The Balaban J connectivity index is 1.71. The largest absolute Gasteiger partial charge is 0.490 e. The van der Waals surface area contributed by atoms with Crippen molar-refractivity contribution >= 4 is 34.6 Å². The number of nitrogens with zero attached hydrogens (tertiary/aromatic N) is 2. The van der Waals surface area contributed by atoms with Gasteiger partial charge >= 0.3 is 6.18 Å². The lowest BCUT2D eigenvalue weighted by molar-refractivity contribution is -0.137. The summed E-state index contributed by atoms with van der Waals surface area (Å²) in [6.45, 7) is 4.79. The van der Waals surface area contributed by atoms with Crippen molar-refractivity contribution in [3.8, 4) is 11.5 Å². The van der Waals surface area contributed by atoms with Crippen molar-refractivity contribution in [1.82, 2.24) is 4.98 Å². The van der Waals surface area contributed by atoms with E-state index in [1.807, 2.05) is 44.2 Å². The fourth-order valence-corrected chi connectivity index (χ4v) is 3.49. The highest BCUT2D eigenvalue weighted by Gasteiger charge is 2.30. The Morgan fingerprint density at radius 2 is 1.84 bits per heavy atom. The average Bonchev–Trinajstić information content (AvgIpc) is 2.74. The topological polar surface area (TPSA) is 55.7 Å². The van der Waals surface area contributed by atoms with E-state index in [-0.39, 0.29) is 5.82 Å². The van der Waals surface area contributed by atoms with Crippen LogP contribution < -0.4 is 14.9 Å². The molecule has 9 heteroatoms. The standard InChI is InChI=1S/C23H21F3IN3O2/c1-3-31-20-11-17(12-29-30-21-9-8-18(13-28-21)23(24,25)26)10-19(27)22(20)32-14-16-6-4-15(2)5-7-16/h4-13H,3,14H2,1-2H3,(H,28,30)/b29-12-. The summed E-state index contributed by atoms with van der Waals surface area (Å²) in [6.07, 6.45) is -2.13. The molecule has 1 N–H and O–H groups in total. The molecular formula is C23H21F3IN3O2. The van der Waals surface area contributed by atoms with Crippen molar-refractivity contribution in [2.75, 3.05) is 12.0 Å². The second kappa shape index (κ2) is 10.7. The van der Waals surface area contributed by atoms with E-state index < -0.39 is 11.7 Å². The van der Waals surface area contributed by atoms with Gasteiger partial charge in [0.1, 0.15) is 12.4 Å². The molecule has 3 aromatic rings. The van der Waals surface area contributed by atoms with Gasteiger partial charge in [-0.2, -0.15) is 18.3 Å². The lowest BCUT2D eigenvalue weighted by Gasteiger charge is -2.15. The van der Waals surface area contributed by atoms with Crippen LogP contribution in [0.3, 0.4) is 0 Å². The number of alkyl halides is 3. The first-order chi connectivity index (χ1) is 15.3. The molecule has 0 amide bonds. The number of hydrazone groups is 1. The minimum Gasteiger partial charge on any atom is -0.490 e. The Kier molecular flexibility index (Phi) is 7.94. The number of hydrogen-bond donors (Lipinski definition) is 1. The quantitative estimate of drug-likeness (QED) is 0.198. The van der Waals surface area contributed by atoms with Crippen molar-refractivity contribution in [3.05, 3.63) is 80.6 Å². The second-order valence-electron chi connectivity index (χ2n) is 6.84. The molecule has 1 heterocycles. The number of pyridine rings is 1. The Morgan fingerprint density at radius 1 is 1.09 bits per heavy atom. The molecule has 0 aliphatic rings. The fraction of sp³-hybridized carbons (Fsp3) is 0.217. The molecule has 32 heavy (non-hydrogen) atoms. The lowest BCUT2D eigenvalue weighted by atomic mass is 10.2.